The first-order valence-electron chi connectivity index (χ1n) is 13.8. The molecule has 0 aliphatic heterocycles. The Morgan fingerprint density at radius 1 is 0.512 bits per heavy atom. The molecule has 0 saturated heterocycles. The summed E-state index contributed by atoms with van der Waals surface area (Å²) in [6, 6.07) is 43.7. The fraction of sp³-hybridized carbons (Fsp3) is 0.250. The Labute approximate surface area is 273 Å². The smallest absolute Gasteiger partial charge is 0.550 e. The Kier molecular flexibility index (Phi) is 16.2. The van der Waals surface area contributed by atoms with Gasteiger partial charge in [-0.1, -0.05) is 179 Å². The predicted octanol–water partition coefficient (Wildman–Crippen LogP) is 4.97. The number of carbonyl (C=O) groups is 2. The van der Waals surface area contributed by atoms with Crippen LogP contribution in [0.4, 0.5) is 0 Å². The zero-order valence-electron chi connectivity index (χ0n) is 25.7. The van der Waals surface area contributed by atoms with Crippen molar-refractivity contribution in [2.24, 2.45) is 10.8 Å². The molecular weight excluding hydrogens is 659 g/mol. The Balaban J connectivity index is 0.000000516. The third-order valence-corrected chi connectivity index (χ3v) is 12.0. The minimum absolute atomic E-state index is 0. The number of hydrogen-bond acceptors (Lipinski definition) is 4. The second-order valence-electron chi connectivity index (χ2n) is 11.6. The summed E-state index contributed by atoms with van der Waals surface area (Å²) in [5.74, 6) is -2.01. The Morgan fingerprint density at radius 2 is 0.674 bits per heavy atom. The number of rotatable bonds is 6. The molecule has 0 bridgehead atoms. The fourth-order valence-corrected chi connectivity index (χ4v) is 9.93. The molecule has 0 aliphatic carbocycles. The number of benzene rings is 4. The van der Waals surface area contributed by atoms with Crippen molar-refractivity contribution < 1.29 is 39.3 Å². The minimum atomic E-state index is -1.01. The fourth-order valence-electron chi connectivity index (χ4n) is 3.46. The molecule has 0 amide bonds. The number of carboxylic acid groups (broad SMARTS) is 2. The molecule has 0 aliphatic rings. The van der Waals surface area contributed by atoms with Crippen LogP contribution >= 0.6 is 15.8 Å². The Morgan fingerprint density at radius 3 is 0.814 bits per heavy atom. The van der Waals surface area contributed by atoms with E-state index in [4.69, 9.17) is 6.92 Å². The van der Waals surface area contributed by atoms with Crippen LogP contribution in [0.15, 0.2) is 121 Å². The van der Waals surface area contributed by atoms with Gasteiger partial charge in [0.05, 0.1) is 0 Å². The molecule has 0 atom stereocenters. The van der Waals surface area contributed by atoms with Gasteiger partial charge in [-0.2, -0.15) is 0 Å². The molecule has 0 fully saturated rings. The summed E-state index contributed by atoms with van der Waals surface area (Å²) in [7, 11) is -1.16. The number of carboxylic acids is 2. The molecule has 4 nitrogen and oxygen atoms in total. The molecule has 7 heteroatoms. The van der Waals surface area contributed by atoms with E-state index in [1.165, 1.54) is 21.2 Å². The van der Waals surface area contributed by atoms with E-state index in [2.05, 4.69) is 121 Å². The zero-order chi connectivity index (χ0) is 31.3. The van der Waals surface area contributed by atoms with Crippen LogP contribution < -0.4 is 31.4 Å². The van der Waals surface area contributed by atoms with Gasteiger partial charge in [0.15, 0.2) is 0 Å². The molecule has 0 unspecified atom stereocenters. The molecule has 0 heterocycles. The van der Waals surface area contributed by atoms with E-state index in [0.29, 0.717) is 0 Å². The van der Waals surface area contributed by atoms with E-state index < -0.39 is 38.6 Å². The SMILES string of the molecule is CC(C)(C)C(=O)[O-].CC(C)(C)C(=O)[O-].[CH2-]C(P(c1ccccc1)c1ccccc1)P(c1ccccc1)c1ccccc1.[Ru+3]. The number of carbonyl (C=O) groups excluding carboxylic acids is 2. The van der Waals surface area contributed by atoms with Gasteiger partial charge >= 0.3 is 19.5 Å². The molecule has 43 heavy (non-hydrogen) atoms. The molecule has 227 valence electrons. The van der Waals surface area contributed by atoms with Crippen LogP contribution in [0.25, 0.3) is 0 Å². The second kappa shape index (κ2) is 18.2. The van der Waals surface area contributed by atoms with Crippen molar-refractivity contribution in [3.8, 4) is 0 Å². The van der Waals surface area contributed by atoms with Crippen LogP contribution in [0.3, 0.4) is 0 Å². The van der Waals surface area contributed by atoms with Crippen molar-refractivity contribution in [1.82, 2.24) is 0 Å². The summed E-state index contributed by atoms with van der Waals surface area (Å²) in [6.07, 6.45) is 0. The van der Waals surface area contributed by atoms with Crippen LogP contribution in [0, 0.1) is 17.8 Å². The van der Waals surface area contributed by atoms with Crippen molar-refractivity contribution in [1.29, 1.82) is 0 Å². The minimum Gasteiger partial charge on any atom is -0.550 e. The first-order chi connectivity index (χ1) is 19.7. The third-order valence-electron chi connectivity index (χ3n) is 5.96. The van der Waals surface area contributed by atoms with E-state index in [-0.39, 0.29) is 24.9 Å². The molecule has 0 saturated carbocycles. The van der Waals surface area contributed by atoms with Crippen LogP contribution in [-0.4, -0.2) is 17.3 Å². The van der Waals surface area contributed by atoms with Crippen molar-refractivity contribution in [3.05, 3.63) is 128 Å². The molecule has 4 rings (SSSR count). The number of hydrogen-bond donors (Lipinski definition) is 0. The van der Waals surface area contributed by atoms with E-state index in [0.717, 1.165) is 0 Å². The maximum Gasteiger partial charge on any atom is 3.00 e. The Hall–Kier alpha value is -2.70. The topological polar surface area (TPSA) is 80.3 Å². The first-order valence-corrected chi connectivity index (χ1v) is 16.6. The molecule has 4 aromatic carbocycles. The van der Waals surface area contributed by atoms with E-state index >= 15 is 0 Å². The van der Waals surface area contributed by atoms with Crippen molar-refractivity contribution in [3.63, 3.8) is 0 Å². The quantitative estimate of drug-likeness (QED) is 0.162. The molecule has 0 aromatic heterocycles. The summed E-state index contributed by atoms with van der Waals surface area (Å²) >= 11 is 0. The van der Waals surface area contributed by atoms with Crippen LogP contribution in [0.2, 0.25) is 0 Å². The van der Waals surface area contributed by atoms with Gasteiger partial charge in [-0.15, -0.1) is 5.40 Å². The van der Waals surface area contributed by atoms with Crippen LogP contribution in [-0.2, 0) is 29.1 Å². The molecule has 4 aromatic rings. The van der Waals surface area contributed by atoms with Gasteiger partial charge < -0.3 is 26.7 Å². The maximum absolute atomic E-state index is 9.91. The van der Waals surface area contributed by atoms with Crippen molar-refractivity contribution >= 4 is 49.0 Å². The monoisotopic (exact) mass is 701 g/mol. The summed E-state index contributed by atoms with van der Waals surface area (Å²) in [4.78, 5) is 19.8. The van der Waals surface area contributed by atoms with Crippen molar-refractivity contribution in [2.75, 3.05) is 0 Å². The van der Waals surface area contributed by atoms with E-state index in [1.807, 2.05) is 0 Å². The molecule has 0 spiro atoms. The van der Waals surface area contributed by atoms with Crippen LogP contribution in [0.1, 0.15) is 41.5 Å². The molecule has 1 radical (unpaired) electrons. The summed E-state index contributed by atoms with van der Waals surface area (Å²) in [5, 5.41) is 25.7. The van der Waals surface area contributed by atoms with Crippen molar-refractivity contribution in [2.45, 2.75) is 46.9 Å². The van der Waals surface area contributed by atoms with Gasteiger partial charge in [0.1, 0.15) is 0 Å². The van der Waals surface area contributed by atoms with Gasteiger partial charge in [0.25, 0.3) is 0 Å². The second-order valence-corrected chi connectivity index (χ2v) is 16.8. The summed E-state index contributed by atoms with van der Waals surface area (Å²) in [6.45, 7) is 14.4. The first kappa shape index (κ1) is 38.3. The summed E-state index contributed by atoms with van der Waals surface area (Å²) in [5.41, 5.74) is -1.39. The predicted molar refractivity (Wildman–Crippen MR) is 176 cm³/mol. The van der Waals surface area contributed by atoms with Gasteiger partial charge in [-0.05, 0) is 21.2 Å². The van der Waals surface area contributed by atoms with Gasteiger partial charge in [0, 0.05) is 22.8 Å². The van der Waals surface area contributed by atoms with E-state index in [1.54, 1.807) is 41.5 Å². The number of aliphatic carboxylic acids is 2. The average molecular weight is 701 g/mol. The Bertz CT molecular complexity index is 1170. The van der Waals surface area contributed by atoms with E-state index in [9.17, 15) is 19.8 Å². The molecule has 0 N–H and O–H groups in total. The van der Waals surface area contributed by atoms with Gasteiger partial charge in [0.2, 0.25) is 0 Å². The maximum atomic E-state index is 9.91. The largest absolute Gasteiger partial charge is 3.00 e. The zero-order valence-corrected chi connectivity index (χ0v) is 29.2. The van der Waals surface area contributed by atoms with Gasteiger partial charge in [-0.25, -0.2) is 0 Å². The average Bonchev–Trinajstić information content (AvgIpc) is 2.95. The van der Waals surface area contributed by atoms with Crippen LogP contribution in [0.5, 0.6) is 0 Å². The third kappa shape index (κ3) is 12.8. The normalized spacial score (nSPS) is 11.0. The standard InChI is InChI=1S/C26H23P2.2C5H10O2.Ru/c1-22(27(23-14-6-2-7-15-23)24-16-8-3-9-17-24)28(25-18-10-4-11-19-25)26-20-12-5-13-21-26;2*1-5(2,3)4(6)7;/h2-22H,1H2;2*1-3H3,(H,6,7);/q-1;;;+3/p-2. The molecular formula is C36H41O4P2Ru. The summed E-state index contributed by atoms with van der Waals surface area (Å²) < 4.78 is 0. The van der Waals surface area contributed by atoms with Gasteiger partial charge in [-0.3, -0.25) is 0 Å².